The molecular formula is C39H30N2O8. The van der Waals surface area contributed by atoms with Crippen LogP contribution in [0.2, 0.25) is 0 Å². The van der Waals surface area contributed by atoms with E-state index in [1.54, 1.807) is 24.3 Å². The Kier molecular flexibility index (Phi) is 8.39. The van der Waals surface area contributed by atoms with Gasteiger partial charge in [0.05, 0.1) is 33.4 Å². The van der Waals surface area contributed by atoms with Crippen molar-refractivity contribution in [1.29, 1.82) is 0 Å². The van der Waals surface area contributed by atoms with Crippen LogP contribution in [0, 0.1) is 0 Å². The lowest BCUT2D eigenvalue weighted by molar-refractivity contribution is 0.0656. The lowest BCUT2D eigenvalue weighted by Gasteiger charge is -2.26. The van der Waals surface area contributed by atoms with Crippen LogP contribution in [0.4, 0.5) is 0 Å². The van der Waals surface area contributed by atoms with Crippen LogP contribution in [-0.2, 0) is 5.41 Å². The average Bonchev–Trinajstić information content (AvgIpc) is 3.48. The maximum Gasteiger partial charge on any atom is 0.343 e. The third-order valence-electron chi connectivity index (χ3n) is 8.61. The summed E-state index contributed by atoms with van der Waals surface area (Å²) in [6.07, 6.45) is 2.92. The Hall–Kier alpha value is -6.42. The van der Waals surface area contributed by atoms with Gasteiger partial charge in [-0.1, -0.05) is 50.3 Å². The lowest BCUT2D eigenvalue weighted by atomic mass is 9.78. The van der Waals surface area contributed by atoms with Crippen molar-refractivity contribution in [2.75, 3.05) is 13.1 Å². The van der Waals surface area contributed by atoms with Crippen molar-refractivity contribution in [3.05, 3.63) is 155 Å². The normalized spacial score (nSPS) is 13.7. The molecule has 0 bridgehead atoms. The standard InChI is InChI=1S/C39H30N2O8/c1-5-19-40-33(42)29-17-7-23(21-31(29)35(40)44)37(46)48-27-13-9-25(10-14-27)39(3,4)26-11-15-28(16-12-26)49-38(47)24-8-18-30-32(22-24)36(45)41(20-6-2)34(30)43/h5-18,21-22H,1-2,19-20H2,3-4H3. The number of amides is 4. The summed E-state index contributed by atoms with van der Waals surface area (Å²) in [4.78, 5) is 78.2. The van der Waals surface area contributed by atoms with Gasteiger partial charge in [-0.25, -0.2) is 9.59 Å². The predicted octanol–water partition coefficient (Wildman–Crippen LogP) is 6.01. The summed E-state index contributed by atoms with van der Waals surface area (Å²) in [5.41, 5.74) is 2.38. The summed E-state index contributed by atoms with van der Waals surface area (Å²) < 4.78 is 11.1. The second-order valence-electron chi connectivity index (χ2n) is 12.0. The van der Waals surface area contributed by atoms with Crippen LogP contribution in [0.1, 0.15) is 87.1 Å². The topological polar surface area (TPSA) is 127 Å². The van der Waals surface area contributed by atoms with Gasteiger partial charge in [-0.2, -0.15) is 0 Å². The Labute approximate surface area is 281 Å². The molecule has 10 nitrogen and oxygen atoms in total. The van der Waals surface area contributed by atoms with E-state index in [-0.39, 0.29) is 46.5 Å². The van der Waals surface area contributed by atoms with Gasteiger partial charge in [0.1, 0.15) is 11.5 Å². The molecule has 0 saturated carbocycles. The average molecular weight is 655 g/mol. The first-order chi connectivity index (χ1) is 23.4. The van der Waals surface area contributed by atoms with Crippen LogP contribution in [0.25, 0.3) is 0 Å². The van der Waals surface area contributed by atoms with Gasteiger partial charge >= 0.3 is 11.9 Å². The summed E-state index contributed by atoms with van der Waals surface area (Å²) in [6.45, 7) is 11.3. The van der Waals surface area contributed by atoms with E-state index in [4.69, 9.17) is 9.47 Å². The third-order valence-corrected chi connectivity index (χ3v) is 8.61. The van der Waals surface area contributed by atoms with Crippen molar-refractivity contribution in [2.45, 2.75) is 19.3 Å². The van der Waals surface area contributed by atoms with Crippen LogP contribution in [0.15, 0.2) is 110 Å². The number of nitrogens with zero attached hydrogens (tertiary/aromatic N) is 2. The number of benzene rings is 4. The molecule has 0 aromatic heterocycles. The quantitative estimate of drug-likeness (QED) is 0.0880. The fraction of sp³-hybridized carbons (Fsp3) is 0.128. The Bertz CT molecular complexity index is 1950. The van der Waals surface area contributed by atoms with Gasteiger partial charge in [0.15, 0.2) is 0 Å². The number of hydrogen-bond donors (Lipinski definition) is 0. The Balaban J connectivity index is 1.10. The van der Waals surface area contributed by atoms with Gasteiger partial charge in [-0.05, 0) is 71.8 Å². The zero-order chi connectivity index (χ0) is 35.0. The summed E-state index contributed by atoms with van der Waals surface area (Å²) in [5.74, 6) is -2.58. The molecule has 0 aliphatic carbocycles. The molecule has 244 valence electrons. The fourth-order valence-electron chi connectivity index (χ4n) is 5.80. The number of carbonyl (C=O) groups excluding carboxylic acids is 6. The number of hydrogen-bond acceptors (Lipinski definition) is 8. The molecule has 0 unspecified atom stereocenters. The smallest absolute Gasteiger partial charge is 0.343 e. The molecule has 0 N–H and O–H groups in total. The first-order valence-electron chi connectivity index (χ1n) is 15.3. The number of fused-ring (bicyclic) bond motifs is 2. The van der Waals surface area contributed by atoms with Crippen molar-refractivity contribution < 1.29 is 38.2 Å². The summed E-state index contributed by atoms with van der Waals surface area (Å²) in [5, 5.41) is 0. The van der Waals surface area contributed by atoms with E-state index in [1.807, 2.05) is 38.1 Å². The molecule has 4 amide bonds. The summed E-state index contributed by atoms with van der Waals surface area (Å²) in [6, 6.07) is 22.6. The molecule has 0 radical (unpaired) electrons. The van der Waals surface area contributed by atoms with E-state index in [9.17, 15) is 28.8 Å². The highest BCUT2D eigenvalue weighted by Crippen LogP contribution is 2.34. The van der Waals surface area contributed by atoms with E-state index in [1.165, 1.54) is 48.6 Å². The minimum atomic E-state index is -0.669. The van der Waals surface area contributed by atoms with Crippen LogP contribution in [0.3, 0.4) is 0 Å². The molecule has 0 saturated heterocycles. The Morgan fingerprint density at radius 1 is 0.571 bits per heavy atom. The zero-order valence-electron chi connectivity index (χ0n) is 26.7. The molecule has 4 aromatic rings. The molecule has 6 rings (SSSR count). The molecule has 0 spiro atoms. The molecule has 10 heteroatoms. The van der Waals surface area contributed by atoms with Gasteiger partial charge in [0, 0.05) is 18.5 Å². The second kappa shape index (κ2) is 12.6. The lowest BCUT2D eigenvalue weighted by Crippen LogP contribution is -2.29. The highest BCUT2D eigenvalue weighted by molar-refractivity contribution is 6.22. The first-order valence-corrected chi connectivity index (χ1v) is 15.3. The van der Waals surface area contributed by atoms with Gasteiger partial charge in [-0.15, -0.1) is 13.2 Å². The predicted molar refractivity (Wildman–Crippen MR) is 179 cm³/mol. The van der Waals surface area contributed by atoms with Crippen LogP contribution in [-0.4, -0.2) is 58.5 Å². The fourth-order valence-corrected chi connectivity index (χ4v) is 5.80. The molecule has 0 fully saturated rings. The molecular weight excluding hydrogens is 624 g/mol. The van der Waals surface area contributed by atoms with E-state index >= 15 is 0 Å². The first kappa shape index (κ1) is 32.5. The van der Waals surface area contributed by atoms with E-state index in [2.05, 4.69) is 13.2 Å². The van der Waals surface area contributed by atoms with Crippen LogP contribution < -0.4 is 9.47 Å². The number of ether oxygens (including phenoxy) is 2. The SMILES string of the molecule is C=CCN1C(=O)c2ccc(C(=O)Oc3ccc(C(C)(C)c4ccc(OC(=O)c5ccc6c(c5)C(=O)N(CC=C)C6=O)cc4)cc3)cc2C1=O. The molecule has 2 aliphatic rings. The molecule has 49 heavy (non-hydrogen) atoms. The van der Waals surface area contributed by atoms with Gasteiger partial charge in [0.2, 0.25) is 0 Å². The van der Waals surface area contributed by atoms with Crippen molar-refractivity contribution >= 4 is 35.6 Å². The number of rotatable bonds is 10. The summed E-state index contributed by atoms with van der Waals surface area (Å²) in [7, 11) is 0. The summed E-state index contributed by atoms with van der Waals surface area (Å²) >= 11 is 0. The maximum atomic E-state index is 12.9. The third kappa shape index (κ3) is 5.84. The highest BCUT2D eigenvalue weighted by atomic mass is 16.5. The van der Waals surface area contributed by atoms with E-state index in [0.717, 1.165) is 20.9 Å². The second-order valence-corrected chi connectivity index (χ2v) is 12.0. The van der Waals surface area contributed by atoms with Crippen molar-refractivity contribution in [3.8, 4) is 11.5 Å². The molecule has 0 atom stereocenters. The minimum absolute atomic E-state index is 0.0766. The Morgan fingerprint density at radius 2 is 0.918 bits per heavy atom. The maximum absolute atomic E-state index is 12.9. The van der Waals surface area contributed by atoms with Crippen molar-refractivity contribution in [1.82, 2.24) is 9.80 Å². The van der Waals surface area contributed by atoms with Crippen LogP contribution in [0.5, 0.6) is 11.5 Å². The number of carbonyl (C=O) groups is 6. The number of imide groups is 2. The number of esters is 2. The van der Waals surface area contributed by atoms with Crippen molar-refractivity contribution in [3.63, 3.8) is 0 Å². The molecule has 4 aromatic carbocycles. The largest absolute Gasteiger partial charge is 0.423 e. The monoisotopic (exact) mass is 654 g/mol. The molecule has 2 aliphatic heterocycles. The van der Waals surface area contributed by atoms with Crippen LogP contribution >= 0.6 is 0 Å². The zero-order valence-corrected chi connectivity index (χ0v) is 26.7. The van der Waals surface area contributed by atoms with E-state index < -0.39 is 41.0 Å². The van der Waals surface area contributed by atoms with Gasteiger partial charge in [0.25, 0.3) is 23.6 Å². The Morgan fingerprint density at radius 3 is 1.27 bits per heavy atom. The van der Waals surface area contributed by atoms with E-state index in [0.29, 0.717) is 11.5 Å². The van der Waals surface area contributed by atoms with Gasteiger partial charge in [-0.3, -0.25) is 29.0 Å². The van der Waals surface area contributed by atoms with Crippen molar-refractivity contribution in [2.24, 2.45) is 0 Å². The molecule has 2 heterocycles. The van der Waals surface area contributed by atoms with Gasteiger partial charge < -0.3 is 9.47 Å². The highest BCUT2D eigenvalue weighted by Gasteiger charge is 2.36. The minimum Gasteiger partial charge on any atom is -0.423 e.